The lowest BCUT2D eigenvalue weighted by atomic mass is 10.2. The number of non-ortho nitro benzene ring substituents is 1. The van der Waals surface area contributed by atoms with E-state index in [0.29, 0.717) is 11.0 Å². The van der Waals surface area contributed by atoms with Gasteiger partial charge in [0.1, 0.15) is 5.82 Å². The number of halogens is 1. The maximum Gasteiger partial charge on any atom is 0.270 e. The molecule has 3 aromatic rings. The Morgan fingerprint density at radius 1 is 1.24 bits per heavy atom. The summed E-state index contributed by atoms with van der Waals surface area (Å²) < 4.78 is 2.79. The highest BCUT2D eigenvalue weighted by Crippen LogP contribution is 2.30. The van der Waals surface area contributed by atoms with E-state index in [4.69, 9.17) is 0 Å². The molecule has 0 fully saturated rings. The number of nitrogens with zero attached hydrogens (tertiary/aromatic N) is 4. The van der Waals surface area contributed by atoms with Gasteiger partial charge in [-0.1, -0.05) is 30.3 Å². The smallest absolute Gasteiger partial charge is 0.270 e. The van der Waals surface area contributed by atoms with Gasteiger partial charge in [0, 0.05) is 42.6 Å². The minimum Gasteiger partial charge on any atom is -0.366 e. The van der Waals surface area contributed by atoms with Gasteiger partial charge < -0.3 is 9.47 Å². The highest BCUT2D eigenvalue weighted by atomic mass is 79.9. The van der Waals surface area contributed by atoms with Crippen molar-refractivity contribution < 1.29 is 4.92 Å². The molecular formula is C18H17BrN4O2. The first-order chi connectivity index (χ1) is 12.0. The third kappa shape index (κ3) is 4.06. The molecule has 0 amide bonds. The molecule has 3 rings (SSSR count). The Labute approximate surface area is 154 Å². The largest absolute Gasteiger partial charge is 0.366 e. The van der Waals surface area contributed by atoms with Gasteiger partial charge in [0.15, 0.2) is 0 Å². The summed E-state index contributed by atoms with van der Waals surface area (Å²) in [6, 6.07) is 15.0. The predicted molar refractivity (Wildman–Crippen MR) is 101 cm³/mol. The van der Waals surface area contributed by atoms with Crippen LogP contribution in [0.1, 0.15) is 11.4 Å². The van der Waals surface area contributed by atoms with Gasteiger partial charge in [-0.2, -0.15) is 0 Å². The number of rotatable bonds is 6. The average molecular weight is 401 g/mol. The highest BCUT2D eigenvalue weighted by molar-refractivity contribution is 9.10. The lowest BCUT2D eigenvalue weighted by Crippen LogP contribution is -2.20. The fraction of sp³-hybridized carbons (Fsp3) is 0.167. The molecule has 0 atom stereocenters. The summed E-state index contributed by atoms with van der Waals surface area (Å²) in [5.74, 6) is 0.927. The van der Waals surface area contributed by atoms with Crippen molar-refractivity contribution in [1.29, 1.82) is 0 Å². The minimum atomic E-state index is -0.402. The Hall–Kier alpha value is -2.67. The van der Waals surface area contributed by atoms with Crippen molar-refractivity contribution in [2.24, 2.45) is 0 Å². The normalized spacial score (nSPS) is 10.6. The van der Waals surface area contributed by atoms with Crippen LogP contribution < -0.4 is 4.90 Å². The SMILES string of the molecule is CN(Cc1nccn1Cc1ccccc1)c1ccc([N+](=O)[O-])cc1Br. The molecule has 0 N–H and O–H groups in total. The summed E-state index contributed by atoms with van der Waals surface area (Å²) >= 11 is 3.42. The van der Waals surface area contributed by atoms with Gasteiger partial charge in [-0.25, -0.2) is 4.98 Å². The van der Waals surface area contributed by atoms with E-state index in [1.807, 2.05) is 36.3 Å². The number of aromatic nitrogens is 2. The van der Waals surface area contributed by atoms with Crippen molar-refractivity contribution in [2.45, 2.75) is 13.1 Å². The summed E-state index contributed by atoms with van der Waals surface area (Å²) in [6.07, 6.45) is 3.75. The second kappa shape index (κ2) is 7.48. The Morgan fingerprint density at radius 3 is 2.68 bits per heavy atom. The fourth-order valence-electron chi connectivity index (χ4n) is 2.63. The van der Waals surface area contributed by atoms with Gasteiger partial charge in [0.2, 0.25) is 0 Å². The average Bonchev–Trinajstić information content (AvgIpc) is 3.02. The van der Waals surface area contributed by atoms with Crippen LogP contribution in [-0.2, 0) is 13.1 Å². The zero-order chi connectivity index (χ0) is 17.8. The third-order valence-corrected chi connectivity index (χ3v) is 4.56. The Bertz CT molecular complexity index is 880. The van der Waals surface area contributed by atoms with E-state index < -0.39 is 4.92 Å². The van der Waals surface area contributed by atoms with E-state index in [1.165, 1.54) is 17.7 Å². The summed E-state index contributed by atoms with van der Waals surface area (Å²) in [5.41, 5.74) is 2.15. The van der Waals surface area contributed by atoms with Crippen molar-refractivity contribution in [2.75, 3.05) is 11.9 Å². The number of hydrogen-bond acceptors (Lipinski definition) is 4. The Kier molecular flexibility index (Phi) is 5.14. The minimum absolute atomic E-state index is 0.0644. The molecule has 128 valence electrons. The van der Waals surface area contributed by atoms with Crippen LogP contribution in [0.25, 0.3) is 0 Å². The second-order valence-corrected chi connectivity index (χ2v) is 6.56. The van der Waals surface area contributed by atoms with E-state index in [0.717, 1.165) is 18.1 Å². The first kappa shape index (κ1) is 17.2. The van der Waals surface area contributed by atoms with Crippen LogP contribution in [0.15, 0.2) is 65.4 Å². The van der Waals surface area contributed by atoms with Crippen molar-refractivity contribution in [3.63, 3.8) is 0 Å². The Morgan fingerprint density at radius 2 is 2.00 bits per heavy atom. The predicted octanol–water partition coefficient (Wildman–Crippen LogP) is 4.24. The molecule has 0 radical (unpaired) electrons. The van der Waals surface area contributed by atoms with Crippen LogP contribution in [0.4, 0.5) is 11.4 Å². The first-order valence-corrected chi connectivity index (χ1v) is 8.53. The maximum absolute atomic E-state index is 10.9. The number of nitro benzene ring substituents is 1. The van der Waals surface area contributed by atoms with Gasteiger partial charge in [-0.3, -0.25) is 10.1 Å². The zero-order valence-corrected chi connectivity index (χ0v) is 15.3. The molecule has 0 bridgehead atoms. The van der Waals surface area contributed by atoms with E-state index in [1.54, 1.807) is 12.3 Å². The summed E-state index contributed by atoms with van der Waals surface area (Å²) in [5, 5.41) is 10.9. The first-order valence-electron chi connectivity index (χ1n) is 7.73. The third-order valence-electron chi connectivity index (χ3n) is 3.93. The summed E-state index contributed by atoms with van der Waals surface area (Å²) in [4.78, 5) is 16.9. The lowest BCUT2D eigenvalue weighted by molar-refractivity contribution is -0.384. The van der Waals surface area contributed by atoms with Crippen LogP contribution >= 0.6 is 15.9 Å². The molecule has 0 saturated heterocycles. The van der Waals surface area contributed by atoms with E-state index in [-0.39, 0.29) is 5.69 Å². The second-order valence-electron chi connectivity index (χ2n) is 5.71. The van der Waals surface area contributed by atoms with Crippen LogP contribution in [0, 0.1) is 10.1 Å². The van der Waals surface area contributed by atoms with Gasteiger partial charge in [-0.15, -0.1) is 0 Å². The fourth-order valence-corrected chi connectivity index (χ4v) is 3.30. The molecule has 0 unspecified atom stereocenters. The van der Waals surface area contributed by atoms with E-state index >= 15 is 0 Å². The van der Waals surface area contributed by atoms with Gasteiger partial charge in [0.05, 0.1) is 17.2 Å². The molecule has 7 heteroatoms. The lowest BCUT2D eigenvalue weighted by Gasteiger charge is -2.21. The summed E-state index contributed by atoms with van der Waals surface area (Å²) in [6.45, 7) is 1.35. The molecule has 0 aliphatic heterocycles. The molecule has 1 heterocycles. The van der Waals surface area contributed by atoms with Gasteiger partial charge in [-0.05, 0) is 27.6 Å². The molecular weight excluding hydrogens is 384 g/mol. The molecule has 2 aromatic carbocycles. The number of nitro groups is 1. The molecule has 0 aliphatic rings. The van der Waals surface area contributed by atoms with E-state index in [2.05, 4.69) is 37.6 Å². The molecule has 1 aromatic heterocycles. The van der Waals surface area contributed by atoms with Gasteiger partial charge >= 0.3 is 0 Å². The molecule has 0 aliphatic carbocycles. The van der Waals surface area contributed by atoms with Crippen LogP contribution in [0.3, 0.4) is 0 Å². The molecule has 6 nitrogen and oxygen atoms in total. The molecule has 0 spiro atoms. The standard InChI is InChI=1S/C18H17BrN4O2/c1-21(17-8-7-15(23(24)25)11-16(17)19)13-18-20-9-10-22(18)12-14-5-3-2-4-6-14/h2-11H,12-13H2,1H3. The van der Waals surface area contributed by atoms with Crippen molar-refractivity contribution in [3.8, 4) is 0 Å². The highest BCUT2D eigenvalue weighted by Gasteiger charge is 2.14. The Balaban J connectivity index is 1.77. The monoisotopic (exact) mass is 400 g/mol. The van der Waals surface area contributed by atoms with E-state index in [9.17, 15) is 10.1 Å². The van der Waals surface area contributed by atoms with Crippen molar-refractivity contribution >= 4 is 27.3 Å². The number of benzene rings is 2. The molecule has 0 saturated carbocycles. The number of hydrogen-bond donors (Lipinski definition) is 0. The number of imidazole rings is 1. The molecule has 25 heavy (non-hydrogen) atoms. The number of anilines is 1. The summed E-state index contributed by atoms with van der Waals surface area (Å²) in [7, 11) is 1.94. The van der Waals surface area contributed by atoms with Crippen molar-refractivity contribution in [3.05, 3.63) is 86.9 Å². The van der Waals surface area contributed by atoms with Crippen molar-refractivity contribution in [1.82, 2.24) is 9.55 Å². The quantitative estimate of drug-likeness (QED) is 0.458. The van der Waals surface area contributed by atoms with Crippen LogP contribution in [0.2, 0.25) is 0 Å². The van der Waals surface area contributed by atoms with Crippen LogP contribution in [-0.4, -0.2) is 21.5 Å². The topological polar surface area (TPSA) is 64.2 Å². The maximum atomic E-state index is 10.9. The van der Waals surface area contributed by atoms with Gasteiger partial charge in [0.25, 0.3) is 5.69 Å². The zero-order valence-electron chi connectivity index (χ0n) is 13.7. The van der Waals surface area contributed by atoms with Crippen LogP contribution in [0.5, 0.6) is 0 Å².